The van der Waals surface area contributed by atoms with Gasteiger partial charge in [-0.2, -0.15) is 5.10 Å². The van der Waals surface area contributed by atoms with Gasteiger partial charge in [0.25, 0.3) is 0 Å². The molecule has 0 saturated heterocycles. The molecule has 2 N–H and O–H groups in total. The Balaban J connectivity index is 2.52. The molecule has 0 spiro atoms. The second-order valence-electron chi connectivity index (χ2n) is 5.12. The molecule has 4 heteroatoms. The fourth-order valence-corrected chi connectivity index (χ4v) is 1.99. The SMILES string of the molecule is Cc1cc(C(C)(C)CN)nn1-c1ccccc1Cl. The Bertz CT molecular complexity index is 558. The van der Waals surface area contributed by atoms with E-state index >= 15 is 0 Å². The summed E-state index contributed by atoms with van der Waals surface area (Å²) in [6.45, 7) is 6.76. The highest BCUT2D eigenvalue weighted by Crippen LogP contribution is 2.25. The molecule has 2 rings (SSSR count). The average molecular weight is 264 g/mol. The van der Waals surface area contributed by atoms with E-state index in [9.17, 15) is 0 Å². The van der Waals surface area contributed by atoms with E-state index in [1.165, 1.54) is 0 Å². The summed E-state index contributed by atoms with van der Waals surface area (Å²) in [6.07, 6.45) is 0. The van der Waals surface area contributed by atoms with E-state index in [1.807, 2.05) is 35.9 Å². The number of rotatable bonds is 3. The molecule has 0 radical (unpaired) electrons. The number of aromatic nitrogens is 2. The lowest BCUT2D eigenvalue weighted by atomic mass is 9.90. The molecule has 0 bridgehead atoms. The molecule has 0 saturated carbocycles. The minimum absolute atomic E-state index is 0.128. The molecule has 0 unspecified atom stereocenters. The van der Waals surface area contributed by atoms with Crippen LogP contribution in [0.15, 0.2) is 30.3 Å². The number of hydrogen-bond donors (Lipinski definition) is 1. The van der Waals surface area contributed by atoms with Gasteiger partial charge in [-0.05, 0) is 25.1 Å². The largest absolute Gasteiger partial charge is 0.330 e. The van der Waals surface area contributed by atoms with Crippen LogP contribution >= 0.6 is 11.6 Å². The van der Waals surface area contributed by atoms with E-state index in [0.29, 0.717) is 11.6 Å². The molecule has 0 aliphatic rings. The molecule has 2 aromatic rings. The molecule has 1 aromatic carbocycles. The van der Waals surface area contributed by atoms with Crippen molar-refractivity contribution in [2.45, 2.75) is 26.2 Å². The number of aryl methyl sites for hydroxylation is 1. The molecule has 1 aromatic heterocycles. The maximum absolute atomic E-state index is 6.20. The first-order chi connectivity index (χ1) is 8.45. The zero-order chi connectivity index (χ0) is 13.3. The average Bonchev–Trinajstić information content (AvgIpc) is 2.73. The van der Waals surface area contributed by atoms with Gasteiger partial charge in [0.1, 0.15) is 0 Å². The van der Waals surface area contributed by atoms with E-state index in [0.717, 1.165) is 17.1 Å². The van der Waals surface area contributed by atoms with E-state index in [1.54, 1.807) is 0 Å². The third-order valence-electron chi connectivity index (χ3n) is 3.17. The van der Waals surface area contributed by atoms with Crippen LogP contribution in [0.5, 0.6) is 0 Å². The fourth-order valence-electron chi connectivity index (χ4n) is 1.78. The Morgan fingerprint density at radius 2 is 2.00 bits per heavy atom. The zero-order valence-corrected chi connectivity index (χ0v) is 11.7. The van der Waals surface area contributed by atoms with Gasteiger partial charge >= 0.3 is 0 Å². The predicted molar refractivity (Wildman–Crippen MR) is 75.4 cm³/mol. The summed E-state index contributed by atoms with van der Waals surface area (Å²) < 4.78 is 1.87. The minimum Gasteiger partial charge on any atom is -0.330 e. The number of halogens is 1. The summed E-state index contributed by atoms with van der Waals surface area (Å²) >= 11 is 6.20. The van der Waals surface area contributed by atoms with E-state index in [4.69, 9.17) is 17.3 Å². The van der Waals surface area contributed by atoms with Crippen molar-refractivity contribution in [3.63, 3.8) is 0 Å². The van der Waals surface area contributed by atoms with Gasteiger partial charge in [0.2, 0.25) is 0 Å². The van der Waals surface area contributed by atoms with E-state index in [-0.39, 0.29) is 5.41 Å². The van der Waals surface area contributed by atoms with Crippen LogP contribution in [0.3, 0.4) is 0 Å². The van der Waals surface area contributed by atoms with E-state index < -0.39 is 0 Å². The second-order valence-corrected chi connectivity index (χ2v) is 5.53. The monoisotopic (exact) mass is 263 g/mol. The van der Waals surface area contributed by atoms with Gasteiger partial charge < -0.3 is 5.73 Å². The number of nitrogens with zero attached hydrogens (tertiary/aromatic N) is 2. The molecule has 0 aliphatic heterocycles. The molecule has 1 heterocycles. The van der Waals surface area contributed by atoms with Crippen molar-refractivity contribution >= 4 is 11.6 Å². The summed E-state index contributed by atoms with van der Waals surface area (Å²) in [7, 11) is 0. The van der Waals surface area contributed by atoms with Crippen LogP contribution in [0.2, 0.25) is 5.02 Å². The highest BCUT2D eigenvalue weighted by atomic mass is 35.5. The minimum atomic E-state index is -0.128. The molecule has 96 valence electrons. The second kappa shape index (κ2) is 4.75. The molecule has 18 heavy (non-hydrogen) atoms. The van der Waals surface area contributed by atoms with Crippen LogP contribution in [-0.4, -0.2) is 16.3 Å². The molecular weight excluding hydrogens is 246 g/mol. The summed E-state index contributed by atoms with van der Waals surface area (Å²) in [4.78, 5) is 0. The quantitative estimate of drug-likeness (QED) is 0.925. The van der Waals surface area contributed by atoms with Gasteiger partial charge in [-0.15, -0.1) is 0 Å². The smallest absolute Gasteiger partial charge is 0.0834 e. The Morgan fingerprint density at radius 1 is 1.33 bits per heavy atom. The number of para-hydroxylation sites is 1. The Labute approximate surface area is 113 Å². The van der Waals surface area contributed by atoms with Gasteiger partial charge in [-0.3, -0.25) is 0 Å². The number of nitrogens with two attached hydrogens (primary N) is 1. The standard InChI is InChI=1S/C14H18ClN3/c1-10-8-13(14(2,3)9-16)17-18(10)12-7-5-4-6-11(12)15/h4-8H,9,16H2,1-3H3. The first-order valence-electron chi connectivity index (χ1n) is 5.98. The first-order valence-corrected chi connectivity index (χ1v) is 6.35. The summed E-state index contributed by atoms with van der Waals surface area (Å²) in [5.41, 5.74) is 8.61. The van der Waals surface area contributed by atoms with Gasteiger partial charge in [0, 0.05) is 17.7 Å². The van der Waals surface area contributed by atoms with Crippen LogP contribution < -0.4 is 5.73 Å². The van der Waals surface area contributed by atoms with Crippen LogP contribution in [-0.2, 0) is 5.41 Å². The van der Waals surface area contributed by atoms with Crippen molar-refractivity contribution in [2.24, 2.45) is 5.73 Å². The highest BCUT2D eigenvalue weighted by Gasteiger charge is 2.23. The van der Waals surface area contributed by atoms with Crippen molar-refractivity contribution in [1.29, 1.82) is 0 Å². The van der Waals surface area contributed by atoms with Gasteiger partial charge in [0.15, 0.2) is 0 Å². The highest BCUT2D eigenvalue weighted by molar-refractivity contribution is 6.32. The Morgan fingerprint density at radius 3 is 2.61 bits per heavy atom. The molecule has 0 amide bonds. The van der Waals surface area contributed by atoms with Gasteiger partial charge in [0.05, 0.1) is 16.4 Å². The summed E-state index contributed by atoms with van der Waals surface area (Å²) in [5.74, 6) is 0. The van der Waals surface area contributed by atoms with E-state index in [2.05, 4.69) is 25.0 Å². The molecule has 0 fully saturated rings. The molecule has 0 aliphatic carbocycles. The zero-order valence-electron chi connectivity index (χ0n) is 10.9. The molecular formula is C14H18ClN3. The van der Waals surface area contributed by atoms with Crippen molar-refractivity contribution in [2.75, 3.05) is 6.54 Å². The van der Waals surface area contributed by atoms with Gasteiger partial charge in [-0.1, -0.05) is 37.6 Å². The summed E-state index contributed by atoms with van der Waals surface area (Å²) in [5, 5.41) is 5.33. The van der Waals surface area contributed by atoms with Crippen molar-refractivity contribution in [3.8, 4) is 5.69 Å². The van der Waals surface area contributed by atoms with Crippen LogP contribution in [0.25, 0.3) is 5.69 Å². The predicted octanol–water partition coefficient (Wildman–Crippen LogP) is 3.07. The maximum atomic E-state index is 6.20. The third kappa shape index (κ3) is 2.28. The Kier molecular flexibility index (Phi) is 3.46. The van der Waals surface area contributed by atoms with Crippen LogP contribution in [0.4, 0.5) is 0 Å². The number of hydrogen-bond acceptors (Lipinski definition) is 2. The van der Waals surface area contributed by atoms with Crippen LogP contribution in [0, 0.1) is 6.92 Å². The lowest BCUT2D eigenvalue weighted by molar-refractivity contribution is 0.515. The third-order valence-corrected chi connectivity index (χ3v) is 3.49. The number of benzene rings is 1. The van der Waals surface area contributed by atoms with Gasteiger partial charge in [-0.25, -0.2) is 4.68 Å². The summed E-state index contributed by atoms with van der Waals surface area (Å²) in [6, 6.07) is 9.76. The fraction of sp³-hybridized carbons (Fsp3) is 0.357. The van der Waals surface area contributed by atoms with Crippen molar-refractivity contribution in [1.82, 2.24) is 9.78 Å². The molecule has 0 atom stereocenters. The first kappa shape index (κ1) is 13.1. The Hall–Kier alpha value is -1.32. The molecule has 3 nitrogen and oxygen atoms in total. The van der Waals surface area contributed by atoms with Crippen molar-refractivity contribution in [3.05, 3.63) is 46.7 Å². The topological polar surface area (TPSA) is 43.8 Å². The maximum Gasteiger partial charge on any atom is 0.0834 e. The normalized spacial score (nSPS) is 11.8. The van der Waals surface area contributed by atoms with Crippen LogP contribution in [0.1, 0.15) is 25.2 Å². The van der Waals surface area contributed by atoms with Crippen molar-refractivity contribution < 1.29 is 0 Å². The lowest BCUT2D eigenvalue weighted by Crippen LogP contribution is -2.28. The lowest BCUT2D eigenvalue weighted by Gasteiger charge is -2.19.